The van der Waals surface area contributed by atoms with Gasteiger partial charge in [-0.05, 0) is 19.9 Å². The van der Waals surface area contributed by atoms with Crippen molar-refractivity contribution in [3.8, 4) is 0 Å². The highest BCUT2D eigenvalue weighted by Gasteiger charge is 2.10. The van der Waals surface area contributed by atoms with Gasteiger partial charge in [0.15, 0.2) is 0 Å². The van der Waals surface area contributed by atoms with Crippen LogP contribution in [0.2, 0.25) is 0 Å². The second-order valence-electron chi connectivity index (χ2n) is 4.64. The Morgan fingerprint density at radius 1 is 1.40 bits per heavy atom. The molecule has 0 saturated carbocycles. The minimum Gasteiger partial charge on any atom is -0.726 e. The van der Waals surface area contributed by atoms with Crippen molar-refractivity contribution in [1.82, 2.24) is 5.32 Å². The van der Waals surface area contributed by atoms with E-state index >= 15 is 0 Å². The van der Waals surface area contributed by atoms with Crippen LogP contribution in [-0.2, 0) is 19.4 Å². The normalized spacial score (nSPS) is 11.2. The Labute approximate surface area is 122 Å². The molecular formula is C12H26N2O5S. The quantitative estimate of drug-likeness (QED) is 0.228. The Hall–Kier alpha value is -0.960. The first kappa shape index (κ1) is 21.3. The molecule has 0 rings (SSSR count). The zero-order valence-corrected chi connectivity index (χ0v) is 13.5. The van der Waals surface area contributed by atoms with Crippen LogP contribution in [0.25, 0.3) is 0 Å². The number of nitrogens with one attached hydrogen (secondary N) is 1. The van der Waals surface area contributed by atoms with Crippen LogP contribution in [0.4, 0.5) is 0 Å². The summed E-state index contributed by atoms with van der Waals surface area (Å²) in [5.74, 6) is -0.0817. The largest absolute Gasteiger partial charge is 0.726 e. The van der Waals surface area contributed by atoms with Crippen LogP contribution in [0.1, 0.15) is 20.3 Å². The van der Waals surface area contributed by atoms with Crippen molar-refractivity contribution in [2.75, 3.05) is 40.3 Å². The molecule has 0 fully saturated rings. The topological polar surface area (TPSA) is 95.5 Å². The van der Waals surface area contributed by atoms with Gasteiger partial charge in [-0.25, -0.2) is 8.42 Å². The molecule has 0 heterocycles. The first-order valence-corrected chi connectivity index (χ1v) is 7.73. The van der Waals surface area contributed by atoms with Crippen LogP contribution in [0.3, 0.4) is 0 Å². The Morgan fingerprint density at radius 3 is 2.25 bits per heavy atom. The first-order chi connectivity index (χ1) is 9.08. The lowest BCUT2D eigenvalue weighted by Crippen LogP contribution is -2.41. The van der Waals surface area contributed by atoms with Gasteiger partial charge >= 0.3 is 0 Å². The third-order valence-corrected chi connectivity index (χ3v) is 3.07. The Kier molecular flexibility index (Phi) is 11.5. The number of nitrogens with zero attached hydrogens (tertiary/aromatic N) is 1. The molecule has 0 atom stereocenters. The molecule has 0 spiro atoms. The Balaban J connectivity index is 0. The van der Waals surface area contributed by atoms with Gasteiger partial charge in [0.25, 0.3) is 0 Å². The lowest BCUT2D eigenvalue weighted by atomic mass is 10.3. The van der Waals surface area contributed by atoms with Gasteiger partial charge in [0.1, 0.15) is 0 Å². The summed E-state index contributed by atoms with van der Waals surface area (Å²) in [6.07, 6.45) is 2.32. The molecule has 1 amide bonds. The molecule has 0 bridgehead atoms. The minimum absolute atomic E-state index is 0.0817. The number of quaternary nitrogens is 1. The van der Waals surface area contributed by atoms with E-state index in [-0.39, 0.29) is 12.5 Å². The van der Waals surface area contributed by atoms with E-state index in [1.807, 2.05) is 0 Å². The summed E-state index contributed by atoms with van der Waals surface area (Å²) in [6, 6.07) is 0. The molecule has 120 valence electrons. The molecule has 0 radical (unpaired) electrons. The smallest absolute Gasteiger partial charge is 0.243 e. The maximum atomic E-state index is 10.8. The Bertz CT molecular complexity index is 379. The highest BCUT2D eigenvalue weighted by Crippen LogP contribution is 1.96. The molecule has 8 heteroatoms. The average Bonchev–Trinajstić information content (AvgIpc) is 2.33. The van der Waals surface area contributed by atoms with Crippen molar-refractivity contribution >= 4 is 16.3 Å². The molecule has 0 saturated heterocycles. The lowest BCUT2D eigenvalue weighted by molar-refractivity contribution is -0.888. The van der Waals surface area contributed by atoms with Gasteiger partial charge in [-0.15, -0.1) is 0 Å². The average molecular weight is 310 g/mol. The van der Waals surface area contributed by atoms with E-state index in [1.54, 1.807) is 0 Å². The zero-order valence-electron chi connectivity index (χ0n) is 12.7. The van der Waals surface area contributed by atoms with Gasteiger partial charge in [-0.3, -0.25) is 8.98 Å². The molecule has 0 aromatic carbocycles. The number of carbonyl (C=O) groups is 1. The summed E-state index contributed by atoms with van der Waals surface area (Å²) >= 11 is 0. The van der Waals surface area contributed by atoms with Crippen LogP contribution in [-0.4, -0.2) is 63.7 Å². The standard InChI is InChI=1S/C10H20N2O.C2H6O4S/c1-5-10(13)11-8-7-9-12(3,4)6-2;1-2-6-7(3,4)5/h5H,1,6-9H2,2-4H3;2H2,1H3,(H,3,4,5). The van der Waals surface area contributed by atoms with Crippen LogP contribution >= 0.6 is 0 Å². The predicted molar refractivity (Wildman–Crippen MR) is 76.7 cm³/mol. The van der Waals surface area contributed by atoms with Crippen molar-refractivity contribution in [3.63, 3.8) is 0 Å². The minimum atomic E-state index is -4.42. The van der Waals surface area contributed by atoms with Crippen LogP contribution in [0.15, 0.2) is 12.7 Å². The van der Waals surface area contributed by atoms with E-state index in [0.29, 0.717) is 0 Å². The highest BCUT2D eigenvalue weighted by atomic mass is 32.3. The zero-order chi connectivity index (χ0) is 16.2. The number of hydrogen-bond donors (Lipinski definition) is 1. The monoisotopic (exact) mass is 310 g/mol. The van der Waals surface area contributed by atoms with Crippen molar-refractivity contribution < 1.29 is 26.4 Å². The van der Waals surface area contributed by atoms with Crippen LogP contribution < -0.4 is 5.32 Å². The summed E-state index contributed by atoms with van der Waals surface area (Å²) in [5.41, 5.74) is 0. The van der Waals surface area contributed by atoms with E-state index in [0.717, 1.165) is 30.5 Å². The van der Waals surface area contributed by atoms with Crippen molar-refractivity contribution in [3.05, 3.63) is 12.7 Å². The SMILES string of the molecule is C=CC(=O)NCCC[N+](C)(C)CC.CCOS(=O)(=O)[O-]. The fourth-order valence-corrected chi connectivity index (χ4v) is 1.38. The fourth-order valence-electron chi connectivity index (χ4n) is 1.09. The number of amides is 1. The van der Waals surface area contributed by atoms with Crippen molar-refractivity contribution in [2.45, 2.75) is 20.3 Å². The Morgan fingerprint density at radius 2 is 1.95 bits per heavy atom. The van der Waals surface area contributed by atoms with E-state index in [4.69, 9.17) is 0 Å². The molecule has 1 N–H and O–H groups in total. The molecule has 0 aliphatic heterocycles. The molecule has 7 nitrogen and oxygen atoms in total. The van der Waals surface area contributed by atoms with Gasteiger partial charge in [-0.1, -0.05) is 6.58 Å². The lowest BCUT2D eigenvalue weighted by Gasteiger charge is -2.28. The van der Waals surface area contributed by atoms with E-state index < -0.39 is 10.4 Å². The fraction of sp³-hybridized carbons (Fsp3) is 0.750. The number of carbonyl (C=O) groups excluding carboxylic acids is 1. The summed E-state index contributed by atoms with van der Waals surface area (Å²) in [5, 5.41) is 2.76. The van der Waals surface area contributed by atoms with Gasteiger partial charge in [0, 0.05) is 13.0 Å². The van der Waals surface area contributed by atoms with E-state index in [1.165, 1.54) is 13.0 Å². The third-order valence-electron chi connectivity index (χ3n) is 2.54. The summed E-state index contributed by atoms with van der Waals surface area (Å²) in [7, 11) is -0.0446. The van der Waals surface area contributed by atoms with Crippen molar-refractivity contribution in [1.29, 1.82) is 0 Å². The predicted octanol–water partition coefficient (Wildman–Crippen LogP) is 0.258. The summed E-state index contributed by atoms with van der Waals surface area (Å²) in [4.78, 5) is 10.8. The summed E-state index contributed by atoms with van der Waals surface area (Å²) < 4.78 is 33.0. The first-order valence-electron chi connectivity index (χ1n) is 6.40. The van der Waals surface area contributed by atoms with Crippen LogP contribution in [0.5, 0.6) is 0 Å². The molecule has 0 aromatic rings. The van der Waals surface area contributed by atoms with Crippen LogP contribution in [0, 0.1) is 0 Å². The van der Waals surface area contributed by atoms with E-state index in [2.05, 4.69) is 37.1 Å². The number of rotatable bonds is 8. The maximum Gasteiger partial charge on any atom is 0.243 e. The molecule has 20 heavy (non-hydrogen) atoms. The van der Waals surface area contributed by atoms with Gasteiger partial charge in [-0.2, -0.15) is 0 Å². The van der Waals surface area contributed by atoms with Gasteiger partial charge in [0.2, 0.25) is 16.3 Å². The maximum absolute atomic E-state index is 10.8. The molecule has 0 aromatic heterocycles. The molecule has 0 aliphatic carbocycles. The molecule has 0 aliphatic rings. The number of hydrogen-bond acceptors (Lipinski definition) is 5. The second-order valence-corrected chi connectivity index (χ2v) is 5.69. The third kappa shape index (κ3) is 17.0. The summed E-state index contributed by atoms with van der Waals surface area (Å²) in [6.45, 7) is 9.85. The molecule has 0 unspecified atom stereocenters. The van der Waals surface area contributed by atoms with Gasteiger partial charge in [0.05, 0.1) is 33.8 Å². The van der Waals surface area contributed by atoms with Gasteiger partial charge < -0.3 is 14.4 Å². The molecular weight excluding hydrogens is 284 g/mol. The second kappa shape index (κ2) is 10.8. The van der Waals surface area contributed by atoms with E-state index in [9.17, 15) is 17.8 Å². The van der Waals surface area contributed by atoms with Crippen molar-refractivity contribution in [2.24, 2.45) is 0 Å². The highest BCUT2D eigenvalue weighted by molar-refractivity contribution is 7.80.